The molecule has 0 radical (unpaired) electrons. The van der Waals surface area contributed by atoms with Crippen molar-refractivity contribution in [3.63, 3.8) is 0 Å². The maximum atomic E-state index is 4.41. The summed E-state index contributed by atoms with van der Waals surface area (Å²) in [6, 6.07) is 11.9. The third-order valence-corrected chi connectivity index (χ3v) is 3.18. The van der Waals surface area contributed by atoms with Gasteiger partial charge in [-0.15, -0.1) is 0 Å². The molecule has 0 fully saturated rings. The molecule has 0 saturated heterocycles. The zero-order valence-corrected chi connectivity index (χ0v) is 11.9. The van der Waals surface area contributed by atoms with Gasteiger partial charge in [-0.05, 0) is 6.92 Å². The summed E-state index contributed by atoms with van der Waals surface area (Å²) in [5, 5.41) is 7.64. The average molecular weight is 279 g/mol. The van der Waals surface area contributed by atoms with Gasteiger partial charge < -0.3 is 5.32 Å². The Morgan fingerprint density at radius 1 is 1.05 bits per heavy atom. The minimum absolute atomic E-state index is 0.662. The lowest BCUT2D eigenvalue weighted by atomic mass is 10.2. The van der Waals surface area contributed by atoms with E-state index in [1.54, 1.807) is 0 Å². The SMILES string of the molecule is CCn1ccc(NCc2cnc(-c3ccccc3)nc2)n1. The van der Waals surface area contributed by atoms with Gasteiger partial charge in [0.25, 0.3) is 0 Å². The summed E-state index contributed by atoms with van der Waals surface area (Å²) in [6.45, 7) is 3.60. The molecule has 1 N–H and O–H groups in total. The lowest BCUT2D eigenvalue weighted by Crippen LogP contribution is -2.03. The van der Waals surface area contributed by atoms with Crippen LogP contribution in [0.1, 0.15) is 12.5 Å². The highest BCUT2D eigenvalue weighted by molar-refractivity contribution is 5.54. The van der Waals surface area contributed by atoms with E-state index in [1.165, 1.54) is 0 Å². The van der Waals surface area contributed by atoms with Crippen LogP contribution in [0.15, 0.2) is 55.0 Å². The summed E-state index contributed by atoms with van der Waals surface area (Å²) in [7, 11) is 0. The Hall–Kier alpha value is -2.69. The van der Waals surface area contributed by atoms with Crippen LogP contribution in [-0.2, 0) is 13.1 Å². The molecule has 0 saturated carbocycles. The van der Waals surface area contributed by atoms with Gasteiger partial charge in [0.2, 0.25) is 0 Å². The van der Waals surface area contributed by atoms with Crippen LogP contribution in [0, 0.1) is 0 Å². The van der Waals surface area contributed by atoms with Gasteiger partial charge in [0.15, 0.2) is 5.82 Å². The number of aromatic nitrogens is 4. The van der Waals surface area contributed by atoms with Crippen LogP contribution >= 0.6 is 0 Å². The highest BCUT2D eigenvalue weighted by atomic mass is 15.3. The second-order valence-electron chi connectivity index (χ2n) is 4.69. The van der Waals surface area contributed by atoms with E-state index in [2.05, 4.69) is 27.3 Å². The van der Waals surface area contributed by atoms with E-state index in [0.29, 0.717) is 6.54 Å². The van der Waals surface area contributed by atoms with E-state index in [9.17, 15) is 0 Å². The molecule has 1 aromatic carbocycles. The molecule has 3 aromatic rings. The van der Waals surface area contributed by atoms with Crippen molar-refractivity contribution in [2.75, 3.05) is 5.32 Å². The second-order valence-corrected chi connectivity index (χ2v) is 4.69. The molecule has 0 bridgehead atoms. The predicted molar refractivity (Wildman–Crippen MR) is 82.7 cm³/mol. The Bertz CT molecular complexity index is 688. The van der Waals surface area contributed by atoms with Crippen molar-refractivity contribution in [3.05, 3.63) is 60.6 Å². The number of nitrogens with one attached hydrogen (secondary N) is 1. The van der Waals surface area contributed by atoms with Crippen LogP contribution in [0.2, 0.25) is 0 Å². The normalized spacial score (nSPS) is 10.5. The molecule has 5 heteroatoms. The van der Waals surface area contributed by atoms with E-state index in [0.717, 1.165) is 29.3 Å². The summed E-state index contributed by atoms with van der Waals surface area (Å²) < 4.78 is 1.89. The third-order valence-electron chi connectivity index (χ3n) is 3.18. The van der Waals surface area contributed by atoms with Crippen molar-refractivity contribution < 1.29 is 0 Å². The summed E-state index contributed by atoms with van der Waals surface area (Å²) >= 11 is 0. The first-order chi connectivity index (χ1) is 10.3. The molecule has 0 aliphatic carbocycles. The zero-order chi connectivity index (χ0) is 14.5. The van der Waals surface area contributed by atoms with Crippen LogP contribution in [0.3, 0.4) is 0 Å². The molecular formula is C16H17N5. The Labute approximate surface area is 123 Å². The van der Waals surface area contributed by atoms with E-state index in [1.807, 2.05) is 59.7 Å². The quantitative estimate of drug-likeness (QED) is 0.780. The minimum atomic E-state index is 0.662. The first kappa shape index (κ1) is 13.3. The molecule has 0 amide bonds. The molecule has 106 valence electrons. The Balaban J connectivity index is 1.64. The van der Waals surface area contributed by atoms with Crippen LogP contribution < -0.4 is 5.32 Å². The number of nitrogens with zero attached hydrogens (tertiary/aromatic N) is 4. The highest BCUT2D eigenvalue weighted by Gasteiger charge is 2.02. The molecule has 3 rings (SSSR count). The third kappa shape index (κ3) is 3.25. The zero-order valence-electron chi connectivity index (χ0n) is 11.9. The molecule has 2 heterocycles. The van der Waals surface area contributed by atoms with Gasteiger partial charge in [-0.2, -0.15) is 5.10 Å². The summed E-state index contributed by atoms with van der Waals surface area (Å²) in [4.78, 5) is 8.81. The Kier molecular flexibility index (Phi) is 3.91. The van der Waals surface area contributed by atoms with Crippen LogP contribution in [-0.4, -0.2) is 19.7 Å². The van der Waals surface area contributed by atoms with Crippen molar-refractivity contribution >= 4 is 5.82 Å². The molecule has 2 aromatic heterocycles. The number of hydrogen-bond donors (Lipinski definition) is 1. The fourth-order valence-electron chi connectivity index (χ4n) is 2.01. The molecule has 0 aliphatic heterocycles. The Morgan fingerprint density at radius 2 is 1.81 bits per heavy atom. The smallest absolute Gasteiger partial charge is 0.159 e. The topological polar surface area (TPSA) is 55.6 Å². The van der Waals surface area contributed by atoms with Gasteiger partial charge in [-0.25, -0.2) is 9.97 Å². The van der Waals surface area contributed by atoms with Crippen LogP contribution in [0.25, 0.3) is 11.4 Å². The van der Waals surface area contributed by atoms with Gasteiger partial charge in [-0.3, -0.25) is 4.68 Å². The predicted octanol–water partition coefficient (Wildman–Crippen LogP) is 2.97. The number of hydrogen-bond acceptors (Lipinski definition) is 4. The molecule has 0 aliphatic rings. The summed E-state index contributed by atoms with van der Waals surface area (Å²) in [5.74, 6) is 1.61. The largest absolute Gasteiger partial charge is 0.364 e. The molecule has 21 heavy (non-hydrogen) atoms. The Morgan fingerprint density at radius 3 is 2.48 bits per heavy atom. The lowest BCUT2D eigenvalue weighted by Gasteiger charge is -2.04. The number of rotatable bonds is 5. The first-order valence-electron chi connectivity index (χ1n) is 6.99. The van der Waals surface area contributed by atoms with Gasteiger partial charge >= 0.3 is 0 Å². The number of benzene rings is 1. The molecular weight excluding hydrogens is 262 g/mol. The van der Waals surface area contributed by atoms with E-state index >= 15 is 0 Å². The highest BCUT2D eigenvalue weighted by Crippen LogP contribution is 2.13. The first-order valence-corrected chi connectivity index (χ1v) is 6.99. The van der Waals surface area contributed by atoms with Crippen LogP contribution in [0.5, 0.6) is 0 Å². The van der Waals surface area contributed by atoms with E-state index < -0.39 is 0 Å². The molecule has 0 unspecified atom stereocenters. The van der Waals surface area contributed by atoms with Crippen molar-refractivity contribution in [3.8, 4) is 11.4 Å². The minimum Gasteiger partial charge on any atom is -0.364 e. The average Bonchev–Trinajstić information content (AvgIpc) is 3.02. The van der Waals surface area contributed by atoms with Crippen molar-refractivity contribution in [2.24, 2.45) is 0 Å². The number of anilines is 1. The van der Waals surface area contributed by atoms with Crippen molar-refractivity contribution in [2.45, 2.75) is 20.0 Å². The molecule has 5 nitrogen and oxygen atoms in total. The summed E-state index contributed by atoms with van der Waals surface area (Å²) in [6.07, 6.45) is 5.65. The fraction of sp³-hybridized carbons (Fsp3) is 0.188. The van der Waals surface area contributed by atoms with Gasteiger partial charge in [0.1, 0.15) is 5.82 Å². The van der Waals surface area contributed by atoms with E-state index in [4.69, 9.17) is 0 Å². The molecule has 0 spiro atoms. The van der Waals surface area contributed by atoms with Gasteiger partial charge in [-0.1, -0.05) is 30.3 Å². The maximum Gasteiger partial charge on any atom is 0.159 e. The second kappa shape index (κ2) is 6.17. The molecule has 0 atom stereocenters. The standard InChI is InChI=1S/C16H17N5/c1-2-21-9-8-15(20-21)17-10-13-11-18-16(19-12-13)14-6-4-3-5-7-14/h3-9,11-12H,2,10H2,1H3,(H,17,20). The van der Waals surface area contributed by atoms with Gasteiger partial charge in [0.05, 0.1) is 0 Å². The van der Waals surface area contributed by atoms with Crippen molar-refractivity contribution in [1.82, 2.24) is 19.7 Å². The van der Waals surface area contributed by atoms with Gasteiger partial charge in [0, 0.05) is 48.9 Å². The lowest BCUT2D eigenvalue weighted by molar-refractivity contribution is 0.661. The summed E-state index contributed by atoms with van der Waals surface area (Å²) in [5.41, 5.74) is 2.06. The number of aryl methyl sites for hydroxylation is 1. The van der Waals surface area contributed by atoms with Crippen molar-refractivity contribution in [1.29, 1.82) is 0 Å². The van der Waals surface area contributed by atoms with E-state index in [-0.39, 0.29) is 0 Å². The fourth-order valence-corrected chi connectivity index (χ4v) is 2.01. The van der Waals surface area contributed by atoms with Crippen LogP contribution in [0.4, 0.5) is 5.82 Å². The maximum absolute atomic E-state index is 4.41. The monoisotopic (exact) mass is 279 g/mol.